The fourth-order valence-corrected chi connectivity index (χ4v) is 2.73. The minimum absolute atomic E-state index is 0.0359. The molecule has 0 radical (unpaired) electrons. The molecule has 1 atom stereocenters. The third-order valence-electron chi connectivity index (χ3n) is 3.37. The van der Waals surface area contributed by atoms with Crippen LogP contribution >= 0.6 is 11.8 Å². The Morgan fingerprint density at radius 2 is 2.05 bits per heavy atom. The predicted octanol–water partition coefficient (Wildman–Crippen LogP) is 3.32. The Labute approximate surface area is 127 Å². The second-order valence-corrected chi connectivity index (χ2v) is 6.33. The molecule has 1 aliphatic carbocycles. The number of hydrogen-bond acceptors (Lipinski definition) is 6. The summed E-state index contributed by atoms with van der Waals surface area (Å²) < 4.78 is 10.7. The lowest BCUT2D eigenvalue weighted by molar-refractivity contribution is 0.0993. The molecule has 21 heavy (non-hydrogen) atoms. The number of benzene rings is 1. The summed E-state index contributed by atoms with van der Waals surface area (Å²) in [5.74, 6) is 1.90. The molecule has 1 fully saturated rings. The van der Waals surface area contributed by atoms with E-state index in [1.807, 2.05) is 6.92 Å². The van der Waals surface area contributed by atoms with Crippen LogP contribution in [0.15, 0.2) is 33.9 Å². The van der Waals surface area contributed by atoms with Gasteiger partial charge in [0.1, 0.15) is 5.75 Å². The van der Waals surface area contributed by atoms with Crippen molar-refractivity contribution in [3.05, 3.63) is 35.7 Å². The number of aromatic nitrogens is 2. The Balaban J connectivity index is 1.65. The lowest BCUT2D eigenvalue weighted by atomic mass is 10.1. The maximum atomic E-state index is 12.4. The van der Waals surface area contributed by atoms with Crippen molar-refractivity contribution >= 4 is 17.5 Å². The first kappa shape index (κ1) is 14.1. The van der Waals surface area contributed by atoms with Crippen LogP contribution in [-0.2, 0) is 0 Å². The van der Waals surface area contributed by atoms with Crippen molar-refractivity contribution in [3.63, 3.8) is 0 Å². The van der Waals surface area contributed by atoms with Crippen LogP contribution in [0.2, 0.25) is 0 Å². The summed E-state index contributed by atoms with van der Waals surface area (Å²) in [6.07, 6.45) is 2.24. The van der Waals surface area contributed by atoms with E-state index in [4.69, 9.17) is 9.15 Å². The molecule has 6 heteroatoms. The van der Waals surface area contributed by atoms with Crippen molar-refractivity contribution in [2.24, 2.45) is 0 Å². The number of rotatable bonds is 6. The third-order valence-corrected chi connectivity index (χ3v) is 4.30. The number of hydrogen-bond donors (Lipinski definition) is 0. The maximum Gasteiger partial charge on any atom is 0.277 e. The highest BCUT2D eigenvalue weighted by Gasteiger charge is 2.30. The zero-order chi connectivity index (χ0) is 14.8. The Kier molecular flexibility index (Phi) is 3.96. The highest BCUT2D eigenvalue weighted by Crippen LogP contribution is 2.40. The van der Waals surface area contributed by atoms with E-state index in [0.29, 0.717) is 22.6 Å². The second-order valence-electron chi connectivity index (χ2n) is 5.03. The van der Waals surface area contributed by atoms with Gasteiger partial charge in [-0.25, -0.2) is 0 Å². The van der Waals surface area contributed by atoms with Gasteiger partial charge in [0, 0.05) is 11.5 Å². The Morgan fingerprint density at radius 1 is 1.33 bits per heavy atom. The molecule has 5 nitrogen and oxygen atoms in total. The normalized spacial score (nSPS) is 15.7. The highest BCUT2D eigenvalue weighted by molar-refractivity contribution is 8.00. The van der Waals surface area contributed by atoms with Gasteiger partial charge in [0.15, 0.2) is 5.78 Å². The van der Waals surface area contributed by atoms with E-state index >= 15 is 0 Å². The van der Waals surface area contributed by atoms with Crippen LogP contribution in [0.25, 0.3) is 0 Å². The topological polar surface area (TPSA) is 65.2 Å². The molecule has 0 N–H and O–H groups in total. The fraction of sp³-hybridized carbons (Fsp3) is 0.400. The molecule has 1 aromatic heterocycles. The third kappa shape index (κ3) is 3.26. The molecular weight excluding hydrogens is 288 g/mol. The molecule has 3 rings (SSSR count). The van der Waals surface area contributed by atoms with E-state index in [1.165, 1.54) is 11.8 Å². The van der Waals surface area contributed by atoms with Crippen molar-refractivity contribution in [2.75, 3.05) is 7.11 Å². The van der Waals surface area contributed by atoms with Gasteiger partial charge in [0.05, 0.1) is 12.4 Å². The molecule has 0 amide bonds. The van der Waals surface area contributed by atoms with Gasteiger partial charge >= 0.3 is 0 Å². The van der Waals surface area contributed by atoms with Crippen LogP contribution in [0.1, 0.15) is 41.9 Å². The van der Waals surface area contributed by atoms with E-state index in [1.54, 1.807) is 31.4 Å². The zero-order valence-electron chi connectivity index (χ0n) is 11.9. The number of carbonyl (C=O) groups is 1. The van der Waals surface area contributed by atoms with Gasteiger partial charge in [-0.2, -0.15) is 0 Å². The molecule has 1 aliphatic rings. The van der Waals surface area contributed by atoms with E-state index in [9.17, 15) is 4.79 Å². The summed E-state index contributed by atoms with van der Waals surface area (Å²) in [7, 11) is 1.60. The second kappa shape index (κ2) is 5.89. The lowest BCUT2D eigenvalue weighted by Gasteiger charge is -2.08. The monoisotopic (exact) mass is 304 g/mol. The molecule has 1 saturated carbocycles. The summed E-state index contributed by atoms with van der Waals surface area (Å²) in [4.78, 5) is 12.4. The Morgan fingerprint density at radius 3 is 2.67 bits per heavy atom. The van der Waals surface area contributed by atoms with E-state index in [-0.39, 0.29) is 11.0 Å². The van der Waals surface area contributed by atoms with Crippen LogP contribution in [0, 0.1) is 0 Å². The highest BCUT2D eigenvalue weighted by atomic mass is 32.2. The lowest BCUT2D eigenvalue weighted by Crippen LogP contribution is -2.13. The number of nitrogens with zero attached hydrogens (tertiary/aromatic N) is 2. The minimum Gasteiger partial charge on any atom is -0.497 e. The molecular formula is C15H16N2O3S. The molecule has 0 unspecified atom stereocenters. The molecule has 0 saturated heterocycles. The Hall–Kier alpha value is -1.82. The molecule has 1 heterocycles. The van der Waals surface area contributed by atoms with Crippen molar-refractivity contribution < 1.29 is 13.9 Å². The standard InChI is InChI=1S/C15H16N2O3S/c1-9(13(18)10-5-7-12(19-2)8-6-10)21-15-17-16-14(20-15)11-3-4-11/h5-9,11H,3-4H2,1-2H3/t9-/m0/s1. The average Bonchev–Trinajstić information content (AvgIpc) is 3.27. The first-order valence-electron chi connectivity index (χ1n) is 6.85. The minimum atomic E-state index is -0.272. The van der Waals surface area contributed by atoms with Crippen molar-refractivity contribution in [2.45, 2.75) is 36.2 Å². The van der Waals surface area contributed by atoms with E-state index in [2.05, 4.69) is 10.2 Å². The van der Waals surface area contributed by atoms with Crippen molar-refractivity contribution in [1.82, 2.24) is 10.2 Å². The van der Waals surface area contributed by atoms with Crippen LogP contribution in [-0.4, -0.2) is 28.3 Å². The molecule has 0 bridgehead atoms. The average molecular weight is 304 g/mol. The molecule has 0 spiro atoms. The smallest absolute Gasteiger partial charge is 0.277 e. The fourth-order valence-electron chi connectivity index (χ4n) is 1.96. The number of carbonyl (C=O) groups excluding carboxylic acids is 1. The molecule has 110 valence electrons. The van der Waals surface area contributed by atoms with Gasteiger partial charge in [0.25, 0.3) is 5.22 Å². The summed E-state index contributed by atoms with van der Waals surface area (Å²) in [5, 5.41) is 8.21. The first-order chi connectivity index (χ1) is 10.2. The zero-order valence-corrected chi connectivity index (χ0v) is 12.7. The van der Waals surface area contributed by atoms with E-state index in [0.717, 1.165) is 18.6 Å². The van der Waals surface area contributed by atoms with Crippen molar-refractivity contribution in [1.29, 1.82) is 0 Å². The number of methoxy groups -OCH3 is 1. The number of ketones is 1. The predicted molar refractivity (Wildman–Crippen MR) is 78.9 cm³/mol. The first-order valence-corrected chi connectivity index (χ1v) is 7.73. The number of ether oxygens (including phenoxy) is 1. The van der Waals surface area contributed by atoms with Crippen LogP contribution in [0.4, 0.5) is 0 Å². The number of thioether (sulfide) groups is 1. The quantitative estimate of drug-likeness (QED) is 0.602. The molecule has 0 aliphatic heterocycles. The van der Waals surface area contributed by atoms with Gasteiger partial charge in [-0.1, -0.05) is 11.8 Å². The Bertz CT molecular complexity index is 635. The van der Waals surface area contributed by atoms with Crippen LogP contribution in [0.3, 0.4) is 0 Å². The summed E-state index contributed by atoms with van der Waals surface area (Å²) in [6.45, 7) is 1.85. The van der Waals surface area contributed by atoms with E-state index < -0.39 is 0 Å². The van der Waals surface area contributed by atoms with Gasteiger partial charge < -0.3 is 9.15 Å². The number of Topliss-reactive ketones (excluding diaryl/α,β-unsaturated/α-hetero) is 1. The summed E-state index contributed by atoms with van der Waals surface area (Å²) in [6, 6.07) is 7.09. The SMILES string of the molecule is COc1ccc(C(=O)[C@H](C)Sc2nnc(C3CC3)o2)cc1. The van der Waals surface area contributed by atoms with Crippen molar-refractivity contribution in [3.8, 4) is 5.75 Å². The molecule has 1 aromatic carbocycles. The van der Waals surface area contributed by atoms with Gasteiger partial charge in [-0.05, 0) is 44.0 Å². The molecule has 2 aromatic rings. The van der Waals surface area contributed by atoms with Crippen LogP contribution in [0.5, 0.6) is 5.75 Å². The largest absolute Gasteiger partial charge is 0.497 e. The van der Waals surface area contributed by atoms with Gasteiger partial charge in [0.2, 0.25) is 5.89 Å². The summed E-state index contributed by atoms with van der Waals surface area (Å²) in [5.41, 5.74) is 0.651. The maximum absolute atomic E-state index is 12.4. The van der Waals surface area contributed by atoms with Gasteiger partial charge in [-0.3, -0.25) is 4.79 Å². The summed E-state index contributed by atoms with van der Waals surface area (Å²) >= 11 is 1.30. The van der Waals surface area contributed by atoms with Gasteiger partial charge in [-0.15, -0.1) is 10.2 Å². The van der Waals surface area contributed by atoms with Crippen LogP contribution < -0.4 is 4.74 Å².